The van der Waals surface area contributed by atoms with E-state index in [1.807, 2.05) is 85.8 Å². The molecular formula is C62H63Cl3N16O6. The number of hydrogen-bond acceptors (Lipinski definition) is 20. The number of para-hydroxylation sites is 6. The van der Waals surface area contributed by atoms with Crippen LogP contribution in [0.15, 0.2) is 253 Å². The topological polar surface area (TPSA) is 424 Å². The van der Waals surface area contributed by atoms with Gasteiger partial charge in [-0.2, -0.15) is 5.11 Å². The summed E-state index contributed by atoms with van der Waals surface area (Å²) in [5.41, 5.74) is 56.2. The molecule has 0 fully saturated rings. The number of aromatic hydroxyl groups is 2. The number of azo groups is 1. The van der Waals surface area contributed by atoms with E-state index in [1.54, 1.807) is 122 Å². The minimum absolute atomic E-state index is 0.00355. The van der Waals surface area contributed by atoms with E-state index in [4.69, 9.17) is 91.5 Å². The van der Waals surface area contributed by atoms with E-state index in [1.165, 1.54) is 42.5 Å². The standard InChI is InChI=1S/C12H10N2O2.C10H10N2.3C6H6ClN.2C6H6N2O2.C6H8N2.C4H5N3/c15-10-6-7-11(12(16)8-10)14-13-9-4-2-1-3-5-9;1-7-6-9(11)8-4-2-3-5-10(8)12-7;7-5-1-3-6(8)4-2-5;7-5-2-1-3-6(8)4-5;7-5-3-1-2-4-6(5)8;7-5-2-1-3-6(4-5)8(9)10;7-5-3-1-2-4-6(5)8(9)10;7-5-3-1-2-4-6(5)8;5-4-6-2-1-3-7-4/h1-8,15-16H;2-6H,1H3,(H2,11,12);3*1-4H,8H2;2*1-4H,7H2;1-4H,7-8H2;1-3H,(H2,5,6,7). The Labute approximate surface area is 516 Å². The van der Waals surface area contributed by atoms with Crippen molar-refractivity contribution in [3.63, 3.8) is 0 Å². The number of benzene rings is 9. The highest BCUT2D eigenvalue weighted by molar-refractivity contribution is 6.33. The Balaban J connectivity index is 0.000000259. The normalized spacial score (nSPS) is 9.56. The highest BCUT2D eigenvalue weighted by Gasteiger charge is 2.07. The first-order valence-corrected chi connectivity index (χ1v) is 26.4. The number of phenols is 2. The van der Waals surface area contributed by atoms with E-state index in [2.05, 4.69) is 25.2 Å². The molecule has 0 saturated carbocycles. The summed E-state index contributed by atoms with van der Waals surface area (Å²) < 4.78 is 0. The summed E-state index contributed by atoms with van der Waals surface area (Å²) >= 11 is 16.7. The quantitative estimate of drug-likeness (QED) is 0.0337. The first kappa shape index (κ1) is 69.8. The average Bonchev–Trinajstić information content (AvgIpc) is 3.47. The Morgan fingerprint density at radius 3 is 1.44 bits per heavy atom. The number of anilines is 9. The molecule has 0 saturated heterocycles. The molecule has 0 amide bonds. The molecule has 0 atom stereocenters. The molecule has 11 aromatic rings. The second-order valence-corrected chi connectivity index (χ2v) is 18.4. The number of halogens is 3. The third-order valence-electron chi connectivity index (χ3n) is 10.3. The minimum atomic E-state index is -0.505. The van der Waals surface area contributed by atoms with Crippen LogP contribution in [0.2, 0.25) is 15.1 Å². The van der Waals surface area contributed by atoms with Gasteiger partial charge in [0.2, 0.25) is 5.95 Å². The number of nitro benzene ring substituents is 2. The maximum absolute atomic E-state index is 10.1. The van der Waals surface area contributed by atoms with Crippen LogP contribution in [0.1, 0.15) is 5.69 Å². The van der Waals surface area contributed by atoms with Crippen LogP contribution < -0.4 is 51.6 Å². The third-order valence-corrected chi connectivity index (χ3v) is 11.1. The number of nitrogens with zero attached hydrogens (tertiary/aromatic N) is 7. The number of phenolic OH excluding ortho intramolecular Hbond substituents is 2. The van der Waals surface area contributed by atoms with Gasteiger partial charge in [0, 0.05) is 80.5 Å². The first-order chi connectivity index (χ1) is 41.5. The molecule has 0 bridgehead atoms. The van der Waals surface area contributed by atoms with Gasteiger partial charge in [0.25, 0.3) is 11.4 Å². The van der Waals surface area contributed by atoms with Crippen molar-refractivity contribution < 1.29 is 20.1 Å². The van der Waals surface area contributed by atoms with Crippen molar-refractivity contribution in [3.8, 4) is 11.5 Å². The lowest BCUT2D eigenvalue weighted by atomic mass is 10.2. The molecule has 0 aliphatic carbocycles. The molecule has 0 unspecified atom stereocenters. The van der Waals surface area contributed by atoms with Crippen LogP contribution in [-0.2, 0) is 0 Å². The number of fused-ring (bicyclic) bond motifs is 1. The van der Waals surface area contributed by atoms with Crippen LogP contribution in [0.3, 0.4) is 0 Å². The fourth-order valence-electron chi connectivity index (χ4n) is 6.10. The molecule has 87 heavy (non-hydrogen) atoms. The smallest absolute Gasteiger partial charge is 0.292 e. The van der Waals surface area contributed by atoms with Crippen molar-refractivity contribution in [1.82, 2.24) is 15.0 Å². The van der Waals surface area contributed by atoms with E-state index in [-0.39, 0.29) is 28.6 Å². The Morgan fingerprint density at radius 2 is 0.989 bits per heavy atom. The Bertz CT molecular complexity index is 3760. The summed E-state index contributed by atoms with van der Waals surface area (Å²) in [6, 6.07) is 65.5. The van der Waals surface area contributed by atoms with Crippen molar-refractivity contribution >= 4 is 120 Å². The van der Waals surface area contributed by atoms with E-state index in [0.717, 1.165) is 33.0 Å². The lowest BCUT2D eigenvalue weighted by molar-refractivity contribution is -0.384. The van der Waals surface area contributed by atoms with Crippen LogP contribution >= 0.6 is 34.8 Å². The number of rotatable bonds is 4. The summed E-state index contributed by atoms with van der Waals surface area (Å²) in [5.74, 6) is 0.221. The summed E-state index contributed by atoms with van der Waals surface area (Å²) in [7, 11) is 0. The Hall–Kier alpha value is -11.5. The number of nitrogens with two attached hydrogens (primary N) is 9. The number of nitro groups is 2. The first-order valence-electron chi connectivity index (χ1n) is 25.3. The molecule has 25 heteroatoms. The Kier molecular flexibility index (Phi) is 30.8. The van der Waals surface area contributed by atoms with Gasteiger partial charge in [0.15, 0.2) is 0 Å². The fourth-order valence-corrected chi connectivity index (χ4v) is 6.56. The molecule has 448 valence electrons. The molecule has 0 radical (unpaired) electrons. The van der Waals surface area contributed by atoms with Crippen molar-refractivity contribution in [1.29, 1.82) is 0 Å². The minimum Gasteiger partial charge on any atom is -0.508 e. The highest BCUT2D eigenvalue weighted by atomic mass is 35.5. The molecule has 9 aromatic carbocycles. The largest absolute Gasteiger partial charge is 0.508 e. The second-order valence-electron chi connectivity index (χ2n) is 17.1. The molecular weight excluding hydrogens is 1170 g/mol. The molecule has 11 rings (SSSR count). The fraction of sp³-hybridized carbons (Fsp3) is 0.0161. The number of aromatic nitrogens is 3. The van der Waals surface area contributed by atoms with Gasteiger partial charge in [0.05, 0.1) is 43.1 Å². The SMILES string of the molecule is Cc1cc(N)c2ccccc2n1.Nc1ccc(Cl)cc1.Nc1cccc(Cl)c1.Nc1cccc([N+](=O)[O-])c1.Nc1ccccc1Cl.Nc1ccccc1N.Nc1ccccc1[N+](=O)[O-].Nc1ncccn1.Oc1ccc(N=Nc2ccccc2)c(O)c1. The summed E-state index contributed by atoms with van der Waals surface area (Å²) in [6.07, 6.45) is 3.20. The zero-order valence-corrected chi connectivity index (χ0v) is 48.8. The van der Waals surface area contributed by atoms with Gasteiger partial charge in [-0.1, -0.05) is 120 Å². The number of non-ortho nitro benzene ring substituents is 1. The zero-order valence-electron chi connectivity index (χ0n) is 46.6. The van der Waals surface area contributed by atoms with Gasteiger partial charge in [-0.3, -0.25) is 25.2 Å². The van der Waals surface area contributed by atoms with E-state index < -0.39 is 9.85 Å². The van der Waals surface area contributed by atoms with Crippen LogP contribution in [0, 0.1) is 27.2 Å². The lowest BCUT2D eigenvalue weighted by Crippen LogP contribution is -1.93. The predicted molar refractivity (Wildman–Crippen MR) is 356 cm³/mol. The molecule has 2 heterocycles. The molecule has 2 aromatic heterocycles. The van der Waals surface area contributed by atoms with E-state index in [0.29, 0.717) is 55.8 Å². The molecule has 22 nitrogen and oxygen atoms in total. The molecule has 0 aliphatic heterocycles. The van der Waals surface area contributed by atoms with Crippen LogP contribution in [0.5, 0.6) is 11.5 Å². The highest BCUT2D eigenvalue weighted by Crippen LogP contribution is 2.31. The maximum atomic E-state index is 10.1. The van der Waals surface area contributed by atoms with Crippen molar-refractivity contribution in [2.45, 2.75) is 6.92 Å². The van der Waals surface area contributed by atoms with Crippen LogP contribution in [0.4, 0.5) is 74.2 Å². The second kappa shape index (κ2) is 38.3. The zero-order chi connectivity index (χ0) is 64.1. The number of pyridine rings is 1. The predicted octanol–water partition coefficient (Wildman–Crippen LogP) is 14.7. The van der Waals surface area contributed by atoms with E-state index >= 15 is 0 Å². The number of nitrogen functional groups attached to an aromatic ring is 9. The van der Waals surface area contributed by atoms with Gasteiger partial charge in [-0.05, 0) is 128 Å². The summed E-state index contributed by atoms with van der Waals surface area (Å²) in [5, 5.41) is 49.7. The molecule has 0 aliphatic rings. The maximum Gasteiger partial charge on any atom is 0.292 e. The average molecular weight is 1230 g/mol. The van der Waals surface area contributed by atoms with Gasteiger partial charge in [-0.15, -0.1) is 5.11 Å². The van der Waals surface area contributed by atoms with Gasteiger partial charge in [-0.25, -0.2) is 9.97 Å². The summed E-state index contributed by atoms with van der Waals surface area (Å²) in [4.78, 5) is 30.9. The Morgan fingerprint density at radius 1 is 0.448 bits per heavy atom. The summed E-state index contributed by atoms with van der Waals surface area (Å²) in [6.45, 7) is 1.95. The van der Waals surface area contributed by atoms with Gasteiger partial charge >= 0.3 is 0 Å². The van der Waals surface area contributed by atoms with Crippen molar-refractivity contribution in [3.05, 3.63) is 284 Å². The molecule has 20 N–H and O–H groups in total. The number of aryl methyl sites for hydroxylation is 1. The third kappa shape index (κ3) is 28.9. The van der Waals surface area contributed by atoms with E-state index in [9.17, 15) is 25.3 Å². The monoisotopic (exact) mass is 1230 g/mol. The molecule has 0 spiro atoms. The van der Waals surface area contributed by atoms with Crippen LogP contribution in [0.25, 0.3) is 10.9 Å². The van der Waals surface area contributed by atoms with Crippen LogP contribution in [-0.4, -0.2) is 35.0 Å². The van der Waals surface area contributed by atoms with Crippen molar-refractivity contribution in [2.24, 2.45) is 10.2 Å². The van der Waals surface area contributed by atoms with Gasteiger partial charge in [0.1, 0.15) is 22.9 Å². The van der Waals surface area contributed by atoms with Crippen molar-refractivity contribution in [2.75, 3.05) is 51.6 Å². The van der Waals surface area contributed by atoms with Gasteiger partial charge < -0.3 is 61.8 Å². The lowest BCUT2D eigenvalue weighted by Gasteiger charge is -2.01. The number of hydrogen-bond donors (Lipinski definition) is 11.